The summed E-state index contributed by atoms with van der Waals surface area (Å²) < 4.78 is 0. The number of hydrogen-bond acceptors (Lipinski definition) is 4. The van der Waals surface area contributed by atoms with Crippen molar-refractivity contribution in [3.63, 3.8) is 0 Å². The molecule has 0 aromatic carbocycles. The van der Waals surface area contributed by atoms with Crippen molar-refractivity contribution in [2.24, 2.45) is 5.92 Å². The maximum absolute atomic E-state index is 12.0. The molecule has 0 aliphatic rings. The number of carbonyl (C=O) groups is 2. The van der Waals surface area contributed by atoms with E-state index in [1.165, 1.54) is 9.78 Å². The highest BCUT2D eigenvalue weighted by Crippen LogP contribution is 2.13. The first kappa shape index (κ1) is 16.4. The average Bonchev–Trinajstić information content (AvgIpc) is 2.89. The predicted molar refractivity (Wildman–Crippen MR) is 77.8 cm³/mol. The number of carbonyl (C=O) groups excluding carboxylic acids is 1. The van der Waals surface area contributed by atoms with Gasteiger partial charge < -0.3 is 15.3 Å². The summed E-state index contributed by atoms with van der Waals surface area (Å²) in [5.41, 5.74) is 0. The number of rotatable bonds is 7. The van der Waals surface area contributed by atoms with Crippen LogP contribution in [-0.4, -0.2) is 40.1 Å². The number of aliphatic carboxylic acids is 1. The highest BCUT2D eigenvalue weighted by Gasteiger charge is 2.19. The Labute approximate surface area is 122 Å². The second kappa shape index (κ2) is 7.84. The van der Waals surface area contributed by atoms with E-state index in [0.29, 0.717) is 13.1 Å². The third kappa shape index (κ3) is 4.80. The Balaban J connectivity index is 2.48. The second-order valence-corrected chi connectivity index (χ2v) is 5.71. The van der Waals surface area contributed by atoms with Crippen LogP contribution < -0.4 is 5.32 Å². The van der Waals surface area contributed by atoms with Gasteiger partial charge in [0.25, 0.3) is 0 Å². The number of carboxylic acid groups (broad SMARTS) is 1. The molecular formula is C13H21N3O3S. The molecule has 0 saturated heterocycles. The smallest absolute Gasteiger partial charge is 0.317 e. The minimum absolute atomic E-state index is 0.204. The first-order valence-electron chi connectivity index (χ1n) is 6.67. The molecule has 0 bridgehead atoms. The standard InChI is InChI=1S/C13H21N3O3S/c1-4-10-6-14-11(20-10)7-15-13(19)16(5-2)8-9(3)12(17)18/h6,9H,4-5,7-8H2,1-3H3,(H,15,19)(H,17,18). The van der Waals surface area contributed by atoms with Crippen LogP contribution in [0.3, 0.4) is 0 Å². The van der Waals surface area contributed by atoms with Crippen LogP contribution >= 0.6 is 11.3 Å². The van der Waals surface area contributed by atoms with Crippen molar-refractivity contribution in [2.45, 2.75) is 33.7 Å². The maximum atomic E-state index is 12.0. The molecule has 0 aliphatic heterocycles. The molecule has 0 saturated carbocycles. The molecule has 112 valence electrons. The second-order valence-electron chi connectivity index (χ2n) is 4.51. The summed E-state index contributed by atoms with van der Waals surface area (Å²) in [7, 11) is 0. The van der Waals surface area contributed by atoms with Gasteiger partial charge in [-0.05, 0) is 13.3 Å². The van der Waals surface area contributed by atoms with Crippen LogP contribution in [-0.2, 0) is 17.8 Å². The van der Waals surface area contributed by atoms with E-state index in [4.69, 9.17) is 5.11 Å². The lowest BCUT2D eigenvalue weighted by Crippen LogP contribution is -2.42. The van der Waals surface area contributed by atoms with E-state index >= 15 is 0 Å². The average molecular weight is 299 g/mol. The zero-order chi connectivity index (χ0) is 15.1. The number of thiazole rings is 1. The molecule has 6 nitrogen and oxygen atoms in total. The lowest BCUT2D eigenvalue weighted by Gasteiger charge is -2.22. The van der Waals surface area contributed by atoms with Crippen LogP contribution in [0.4, 0.5) is 4.79 Å². The molecule has 1 unspecified atom stereocenters. The number of carboxylic acids is 1. The monoisotopic (exact) mass is 299 g/mol. The van der Waals surface area contributed by atoms with Gasteiger partial charge in [-0.3, -0.25) is 4.79 Å². The first-order chi connectivity index (χ1) is 9.47. The molecule has 1 aromatic heterocycles. The van der Waals surface area contributed by atoms with Crippen LogP contribution in [0.25, 0.3) is 0 Å². The van der Waals surface area contributed by atoms with Crippen molar-refractivity contribution in [3.8, 4) is 0 Å². The minimum atomic E-state index is -0.899. The quantitative estimate of drug-likeness (QED) is 0.806. The summed E-state index contributed by atoms with van der Waals surface area (Å²) in [4.78, 5) is 29.7. The Bertz CT molecular complexity index is 461. The zero-order valence-electron chi connectivity index (χ0n) is 12.0. The van der Waals surface area contributed by atoms with E-state index in [1.54, 1.807) is 18.3 Å². The SMILES string of the molecule is CCc1cnc(CNC(=O)N(CC)CC(C)C(=O)O)s1. The summed E-state index contributed by atoms with van der Waals surface area (Å²) in [6.07, 6.45) is 2.75. The number of nitrogens with one attached hydrogen (secondary N) is 1. The van der Waals surface area contributed by atoms with E-state index in [1.807, 2.05) is 13.1 Å². The largest absolute Gasteiger partial charge is 0.481 e. The summed E-state index contributed by atoms with van der Waals surface area (Å²) in [5, 5.41) is 12.5. The number of urea groups is 1. The third-order valence-electron chi connectivity index (χ3n) is 2.93. The fourth-order valence-corrected chi connectivity index (χ4v) is 2.42. The Hall–Kier alpha value is -1.63. The van der Waals surface area contributed by atoms with Gasteiger partial charge in [0.1, 0.15) is 5.01 Å². The lowest BCUT2D eigenvalue weighted by atomic mass is 10.2. The molecule has 0 radical (unpaired) electrons. The molecule has 1 aromatic rings. The van der Waals surface area contributed by atoms with E-state index < -0.39 is 11.9 Å². The highest BCUT2D eigenvalue weighted by molar-refractivity contribution is 7.11. The topological polar surface area (TPSA) is 82.5 Å². The van der Waals surface area contributed by atoms with Crippen molar-refractivity contribution in [2.75, 3.05) is 13.1 Å². The molecule has 0 aliphatic carbocycles. The normalized spacial score (nSPS) is 11.9. The summed E-state index contributed by atoms with van der Waals surface area (Å²) in [6.45, 7) is 6.53. The molecule has 2 N–H and O–H groups in total. The molecule has 1 heterocycles. The molecule has 2 amide bonds. The molecule has 7 heteroatoms. The number of aromatic nitrogens is 1. The van der Waals surface area contributed by atoms with E-state index in [9.17, 15) is 9.59 Å². The van der Waals surface area contributed by atoms with Crippen molar-refractivity contribution in [1.29, 1.82) is 0 Å². The van der Waals surface area contributed by atoms with Crippen molar-refractivity contribution >= 4 is 23.3 Å². The van der Waals surface area contributed by atoms with Gasteiger partial charge in [0, 0.05) is 24.2 Å². The zero-order valence-corrected chi connectivity index (χ0v) is 12.9. The van der Waals surface area contributed by atoms with Crippen LogP contribution in [0.1, 0.15) is 30.7 Å². The third-order valence-corrected chi connectivity index (χ3v) is 4.07. The van der Waals surface area contributed by atoms with Crippen LogP contribution in [0.15, 0.2) is 6.20 Å². The van der Waals surface area contributed by atoms with Crippen LogP contribution in [0.2, 0.25) is 0 Å². The van der Waals surface area contributed by atoms with Crippen molar-refractivity contribution in [3.05, 3.63) is 16.1 Å². The van der Waals surface area contributed by atoms with Crippen LogP contribution in [0.5, 0.6) is 0 Å². The van der Waals surface area contributed by atoms with Gasteiger partial charge in [0.2, 0.25) is 0 Å². The maximum Gasteiger partial charge on any atom is 0.317 e. The fraction of sp³-hybridized carbons (Fsp3) is 0.615. The Morgan fingerprint density at radius 3 is 2.70 bits per heavy atom. The van der Waals surface area contributed by atoms with Crippen molar-refractivity contribution < 1.29 is 14.7 Å². The van der Waals surface area contributed by atoms with Gasteiger partial charge in [-0.25, -0.2) is 9.78 Å². The van der Waals surface area contributed by atoms with E-state index in [2.05, 4.69) is 17.2 Å². The van der Waals surface area contributed by atoms with Gasteiger partial charge in [-0.1, -0.05) is 13.8 Å². The highest BCUT2D eigenvalue weighted by atomic mass is 32.1. The number of hydrogen-bond donors (Lipinski definition) is 2. The van der Waals surface area contributed by atoms with Crippen LogP contribution in [0, 0.1) is 5.92 Å². The summed E-state index contributed by atoms with van der Waals surface area (Å²) in [6, 6.07) is -0.256. The fourth-order valence-electron chi connectivity index (χ4n) is 1.62. The minimum Gasteiger partial charge on any atom is -0.481 e. The first-order valence-corrected chi connectivity index (χ1v) is 7.48. The molecular weight excluding hydrogens is 278 g/mol. The molecule has 20 heavy (non-hydrogen) atoms. The Morgan fingerprint density at radius 2 is 2.20 bits per heavy atom. The number of amides is 2. The molecule has 1 rings (SSSR count). The van der Waals surface area contributed by atoms with E-state index in [0.717, 1.165) is 11.4 Å². The van der Waals surface area contributed by atoms with Gasteiger partial charge in [-0.15, -0.1) is 11.3 Å². The molecule has 1 atom stereocenters. The molecule has 0 fully saturated rings. The van der Waals surface area contributed by atoms with E-state index in [-0.39, 0.29) is 12.6 Å². The number of nitrogens with zero attached hydrogens (tertiary/aromatic N) is 2. The van der Waals surface area contributed by atoms with Gasteiger partial charge >= 0.3 is 12.0 Å². The predicted octanol–water partition coefficient (Wildman–Crippen LogP) is 1.96. The molecule has 0 spiro atoms. The van der Waals surface area contributed by atoms with Gasteiger partial charge in [0.05, 0.1) is 12.5 Å². The summed E-state index contributed by atoms with van der Waals surface area (Å²) in [5.74, 6) is -1.48. The number of aryl methyl sites for hydroxylation is 1. The summed E-state index contributed by atoms with van der Waals surface area (Å²) >= 11 is 1.57. The Morgan fingerprint density at radius 1 is 1.50 bits per heavy atom. The van der Waals surface area contributed by atoms with Gasteiger partial charge in [-0.2, -0.15) is 0 Å². The lowest BCUT2D eigenvalue weighted by molar-refractivity contribution is -0.141. The van der Waals surface area contributed by atoms with Crippen molar-refractivity contribution in [1.82, 2.24) is 15.2 Å². The van der Waals surface area contributed by atoms with Gasteiger partial charge in [0.15, 0.2) is 0 Å². The Kier molecular flexibility index (Phi) is 6.44.